The number of ether oxygens (including phenoxy) is 1. The fraction of sp³-hybridized carbons (Fsp3) is 0.500. The van der Waals surface area contributed by atoms with Crippen LogP contribution in [-0.2, 0) is 16.7 Å². The fourth-order valence-corrected chi connectivity index (χ4v) is 2.17. The van der Waals surface area contributed by atoms with Gasteiger partial charge in [-0.1, -0.05) is 11.6 Å². The van der Waals surface area contributed by atoms with Crippen molar-refractivity contribution in [3.05, 3.63) is 28.5 Å². The average molecular weight is 286 g/mol. The van der Waals surface area contributed by atoms with E-state index in [9.17, 15) is 13.2 Å². The van der Waals surface area contributed by atoms with Gasteiger partial charge in [0.05, 0.1) is 6.61 Å². The van der Waals surface area contributed by atoms with Crippen LogP contribution in [0, 0.1) is 0 Å². The maximum Gasteiger partial charge on any atom is 0.433 e. The number of hydrogen-bond donors (Lipinski definition) is 0. The first-order chi connectivity index (χ1) is 7.93. The van der Waals surface area contributed by atoms with Crippen LogP contribution in [-0.4, -0.2) is 24.5 Å². The minimum absolute atomic E-state index is 0.137. The van der Waals surface area contributed by atoms with Crippen LogP contribution in [0.2, 0.25) is 5.15 Å². The molecule has 0 spiro atoms. The van der Waals surface area contributed by atoms with E-state index in [2.05, 4.69) is 4.98 Å². The van der Waals surface area contributed by atoms with E-state index in [4.69, 9.17) is 16.3 Å². The first-order valence-electron chi connectivity index (χ1n) is 4.74. The van der Waals surface area contributed by atoms with Gasteiger partial charge in [-0.25, -0.2) is 4.98 Å². The third-order valence-corrected chi connectivity index (χ3v) is 3.03. The summed E-state index contributed by atoms with van der Waals surface area (Å²) in [6.07, 6.45) is -4.46. The largest absolute Gasteiger partial charge is 0.433 e. The molecular weight excluding hydrogens is 275 g/mol. The van der Waals surface area contributed by atoms with E-state index in [1.165, 1.54) is 17.8 Å². The highest BCUT2D eigenvalue weighted by molar-refractivity contribution is 7.98. The number of alkyl halides is 3. The van der Waals surface area contributed by atoms with Crippen LogP contribution in [0.25, 0.3) is 0 Å². The first-order valence-corrected chi connectivity index (χ1v) is 6.27. The molecule has 7 heteroatoms. The molecule has 0 saturated carbocycles. The molecule has 0 aliphatic rings. The standard InChI is InChI=1S/C10H11ClF3NOS/c1-16-2-3-17-6-7-4-8(10(12,13)14)15-9(11)5-7/h4-5H,2-3,6H2,1H3. The van der Waals surface area contributed by atoms with Gasteiger partial charge < -0.3 is 4.74 Å². The Balaban J connectivity index is 2.69. The van der Waals surface area contributed by atoms with Crippen molar-refractivity contribution < 1.29 is 17.9 Å². The lowest BCUT2D eigenvalue weighted by atomic mass is 10.2. The van der Waals surface area contributed by atoms with Crippen molar-refractivity contribution in [2.24, 2.45) is 0 Å². The Morgan fingerprint density at radius 1 is 1.41 bits per heavy atom. The predicted octanol–water partition coefficient (Wildman–Crippen LogP) is 3.63. The van der Waals surface area contributed by atoms with Crippen LogP contribution >= 0.6 is 23.4 Å². The number of hydrogen-bond acceptors (Lipinski definition) is 3. The predicted molar refractivity (Wildman–Crippen MR) is 62.3 cm³/mol. The zero-order valence-corrected chi connectivity index (χ0v) is 10.6. The lowest BCUT2D eigenvalue weighted by Gasteiger charge is -2.08. The summed E-state index contributed by atoms with van der Waals surface area (Å²) in [6.45, 7) is 0.565. The van der Waals surface area contributed by atoms with E-state index in [1.807, 2.05) is 0 Å². The number of methoxy groups -OCH3 is 1. The summed E-state index contributed by atoms with van der Waals surface area (Å²) in [5.74, 6) is 1.17. The quantitative estimate of drug-likeness (QED) is 0.609. The molecule has 1 aromatic heterocycles. The Labute approximate surface area is 107 Å². The van der Waals surface area contributed by atoms with Crippen molar-refractivity contribution >= 4 is 23.4 Å². The van der Waals surface area contributed by atoms with Crippen molar-refractivity contribution in [2.45, 2.75) is 11.9 Å². The minimum Gasteiger partial charge on any atom is -0.384 e. The zero-order chi connectivity index (χ0) is 12.9. The number of thioether (sulfide) groups is 1. The van der Waals surface area contributed by atoms with Gasteiger partial charge in [0.25, 0.3) is 0 Å². The molecule has 0 atom stereocenters. The Morgan fingerprint density at radius 2 is 2.12 bits per heavy atom. The first kappa shape index (κ1) is 14.6. The van der Waals surface area contributed by atoms with Gasteiger partial charge in [0, 0.05) is 18.6 Å². The molecule has 1 aromatic rings. The molecule has 0 unspecified atom stereocenters. The molecule has 17 heavy (non-hydrogen) atoms. The Morgan fingerprint density at radius 3 is 2.71 bits per heavy atom. The van der Waals surface area contributed by atoms with Gasteiger partial charge in [-0.3, -0.25) is 0 Å². The number of aromatic nitrogens is 1. The van der Waals surface area contributed by atoms with Gasteiger partial charge in [-0.05, 0) is 17.7 Å². The van der Waals surface area contributed by atoms with E-state index >= 15 is 0 Å². The number of pyridine rings is 1. The molecule has 96 valence electrons. The van der Waals surface area contributed by atoms with Crippen LogP contribution in [0.15, 0.2) is 12.1 Å². The van der Waals surface area contributed by atoms with E-state index in [-0.39, 0.29) is 5.15 Å². The van der Waals surface area contributed by atoms with Gasteiger partial charge >= 0.3 is 6.18 Å². The number of rotatable bonds is 5. The molecule has 0 aromatic carbocycles. The molecule has 0 aliphatic heterocycles. The van der Waals surface area contributed by atoms with Crippen LogP contribution in [0.1, 0.15) is 11.3 Å². The normalized spacial score (nSPS) is 11.8. The van der Waals surface area contributed by atoms with E-state index in [0.717, 1.165) is 11.8 Å². The molecule has 0 saturated heterocycles. The Kier molecular flexibility index (Phi) is 5.55. The maximum absolute atomic E-state index is 12.4. The van der Waals surface area contributed by atoms with Crippen LogP contribution in [0.4, 0.5) is 13.2 Å². The average Bonchev–Trinajstić information content (AvgIpc) is 2.22. The smallest absolute Gasteiger partial charge is 0.384 e. The summed E-state index contributed by atoms with van der Waals surface area (Å²) in [7, 11) is 1.58. The zero-order valence-electron chi connectivity index (χ0n) is 9.05. The second-order valence-electron chi connectivity index (χ2n) is 3.23. The highest BCUT2D eigenvalue weighted by Crippen LogP contribution is 2.30. The molecule has 0 radical (unpaired) electrons. The summed E-state index contributed by atoms with van der Waals surface area (Å²) in [5.41, 5.74) is -0.439. The summed E-state index contributed by atoms with van der Waals surface area (Å²) in [4.78, 5) is 3.26. The molecule has 2 nitrogen and oxygen atoms in total. The van der Waals surface area contributed by atoms with Crippen LogP contribution in [0.5, 0.6) is 0 Å². The van der Waals surface area contributed by atoms with Gasteiger partial charge in [0.2, 0.25) is 0 Å². The summed E-state index contributed by atoms with van der Waals surface area (Å²) in [6, 6.07) is 2.46. The van der Waals surface area contributed by atoms with Crippen molar-refractivity contribution in [1.29, 1.82) is 0 Å². The highest BCUT2D eigenvalue weighted by Gasteiger charge is 2.33. The molecule has 0 bridgehead atoms. The SMILES string of the molecule is COCCSCc1cc(Cl)nc(C(F)(F)F)c1. The van der Waals surface area contributed by atoms with Gasteiger partial charge in [0.15, 0.2) is 0 Å². The lowest BCUT2D eigenvalue weighted by molar-refractivity contribution is -0.141. The van der Waals surface area contributed by atoms with E-state index < -0.39 is 11.9 Å². The lowest BCUT2D eigenvalue weighted by Crippen LogP contribution is -2.08. The molecule has 0 N–H and O–H groups in total. The van der Waals surface area contributed by atoms with E-state index in [0.29, 0.717) is 17.9 Å². The Bertz CT molecular complexity index is 373. The maximum atomic E-state index is 12.4. The van der Waals surface area contributed by atoms with Gasteiger partial charge in [-0.2, -0.15) is 24.9 Å². The number of halogens is 4. The second-order valence-corrected chi connectivity index (χ2v) is 4.72. The van der Waals surface area contributed by atoms with Crippen LogP contribution in [0.3, 0.4) is 0 Å². The highest BCUT2D eigenvalue weighted by atomic mass is 35.5. The number of nitrogens with zero attached hydrogens (tertiary/aromatic N) is 1. The van der Waals surface area contributed by atoms with Crippen molar-refractivity contribution in [1.82, 2.24) is 4.98 Å². The summed E-state index contributed by atoms with van der Waals surface area (Å²) < 4.78 is 42.2. The van der Waals surface area contributed by atoms with Crippen molar-refractivity contribution in [3.8, 4) is 0 Å². The molecule has 0 amide bonds. The molecule has 0 fully saturated rings. The summed E-state index contributed by atoms with van der Waals surface area (Å²) >= 11 is 7.03. The third-order valence-electron chi connectivity index (χ3n) is 1.84. The molecule has 1 rings (SSSR count). The van der Waals surface area contributed by atoms with Crippen molar-refractivity contribution in [2.75, 3.05) is 19.5 Å². The van der Waals surface area contributed by atoms with E-state index in [1.54, 1.807) is 7.11 Å². The molecular formula is C10H11ClF3NOS. The minimum atomic E-state index is -4.46. The Hall–Kier alpha value is -0.460. The monoisotopic (exact) mass is 285 g/mol. The summed E-state index contributed by atoms with van der Waals surface area (Å²) in [5, 5.41) is -0.137. The second kappa shape index (κ2) is 6.47. The third kappa shape index (κ3) is 5.14. The fourth-order valence-electron chi connectivity index (χ4n) is 1.11. The van der Waals surface area contributed by atoms with Gasteiger partial charge in [0.1, 0.15) is 10.8 Å². The molecule has 1 heterocycles. The van der Waals surface area contributed by atoms with Gasteiger partial charge in [-0.15, -0.1) is 0 Å². The topological polar surface area (TPSA) is 22.1 Å². The van der Waals surface area contributed by atoms with Crippen LogP contribution < -0.4 is 0 Å². The molecule has 0 aliphatic carbocycles. The van der Waals surface area contributed by atoms with Crippen molar-refractivity contribution in [3.63, 3.8) is 0 Å².